The number of ether oxygens (including phenoxy) is 1. The molecule has 0 aliphatic rings. The molecule has 0 aliphatic carbocycles. The van der Waals surface area contributed by atoms with Gasteiger partial charge in [-0.1, -0.05) is 43.7 Å². The summed E-state index contributed by atoms with van der Waals surface area (Å²) in [6.07, 6.45) is 2.81. The zero-order valence-electron chi connectivity index (χ0n) is 20.1. The first kappa shape index (κ1) is 24.8. The Hall–Kier alpha value is -3.80. The van der Waals surface area contributed by atoms with Gasteiger partial charge in [0.2, 0.25) is 0 Å². The number of rotatable bonds is 11. The van der Waals surface area contributed by atoms with E-state index < -0.39 is 0 Å². The highest BCUT2D eigenvalue weighted by Gasteiger charge is 2.15. The zero-order valence-corrected chi connectivity index (χ0v) is 20.1. The predicted molar refractivity (Wildman–Crippen MR) is 138 cm³/mol. The molecule has 178 valence electrons. The molecule has 6 nitrogen and oxygen atoms in total. The summed E-state index contributed by atoms with van der Waals surface area (Å²) in [6.45, 7) is 3.30. The van der Waals surface area contributed by atoms with Gasteiger partial charge < -0.3 is 20.3 Å². The quantitative estimate of drug-likeness (QED) is 0.389. The first-order chi connectivity index (χ1) is 16.5. The number of nitrogens with one attached hydrogen (secondary N) is 2. The average molecular weight is 460 g/mol. The molecule has 0 radical (unpaired) electrons. The van der Waals surface area contributed by atoms with Crippen LogP contribution < -0.4 is 20.3 Å². The average Bonchev–Trinajstić information content (AvgIpc) is 2.85. The van der Waals surface area contributed by atoms with Crippen molar-refractivity contribution < 1.29 is 14.3 Å². The van der Waals surface area contributed by atoms with Crippen LogP contribution in [-0.2, 0) is 6.42 Å². The van der Waals surface area contributed by atoms with E-state index in [0.717, 1.165) is 30.7 Å². The second-order valence-corrected chi connectivity index (χ2v) is 8.30. The second-order valence-electron chi connectivity index (χ2n) is 8.30. The Morgan fingerprint density at radius 1 is 0.912 bits per heavy atom. The molecule has 2 N–H and O–H groups in total. The fourth-order valence-corrected chi connectivity index (χ4v) is 3.49. The summed E-state index contributed by atoms with van der Waals surface area (Å²) in [7, 11) is 3.77. The number of hydrogen-bond acceptors (Lipinski definition) is 4. The fourth-order valence-electron chi connectivity index (χ4n) is 3.49. The third-order valence-electron chi connectivity index (χ3n) is 5.41. The minimum absolute atomic E-state index is 0.177. The van der Waals surface area contributed by atoms with Crippen molar-refractivity contribution in [2.45, 2.75) is 26.2 Å². The Morgan fingerprint density at radius 2 is 1.65 bits per heavy atom. The summed E-state index contributed by atoms with van der Waals surface area (Å²) in [5, 5.41) is 5.88. The van der Waals surface area contributed by atoms with E-state index in [0.29, 0.717) is 30.0 Å². The molecule has 0 bridgehead atoms. The Labute approximate surface area is 201 Å². The van der Waals surface area contributed by atoms with E-state index in [1.54, 1.807) is 36.4 Å². The van der Waals surface area contributed by atoms with Crippen LogP contribution in [-0.4, -0.2) is 39.1 Å². The van der Waals surface area contributed by atoms with Crippen LogP contribution in [0.3, 0.4) is 0 Å². The van der Waals surface area contributed by atoms with Crippen molar-refractivity contribution in [3.63, 3.8) is 0 Å². The van der Waals surface area contributed by atoms with Crippen molar-refractivity contribution in [1.29, 1.82) is 0 Å². The second kappa shape index (κ2) is 12.4. The fraction of sp³-hybridized carbons (Fsp3) is 0.286. The highest BCUT2D eigenvalue weighted by Crippen LogP contribution is 2.24. The lowest BCUT2D eigenvalue weighted by atomic mass is 10.1. The van der Waals surface area contributed by atoms with Crippen LogP contribution in [0.5, 0.6) is 5.75 Å². The molecule has 0 unspecified atom stereocenters. The van der Waals surface area contributed by atoms with E-state index in [2.05, 4.69) is 17.6 Å². The van der Waals surface area contributed by atoms with E-state index in [4.69, 9.17) is 4.74 Å². The Kier molecular flexibility index (Phi) is 9.09. The summed E-state index contributed by atoms with van der Waals surface area (Å²) in [6, 6.07) is 22.5. The van der Waals surface area contributed by atoms with Crippen LogP contribution in [0, 0.1) is 0 Å². The maximum absolute atomic E-state index is 12.9. The molecule has 0 heterocycles. The number of hydrogen-bond donors (Lipinski definition) is 2. The number of carbonyl (C=O) groups is 2. The third-order valence-corrected chi connectivity index (χ3v) is 5.41. The monoisotopic (exact) mass is 459 g/mol. The minimum Gasteiger partial charge on any atom is -0.494 e. The van der Waals surface area contributed by atoms with Gasteiger partial charge in [0.15, 0.2) is 0 Å². The summed E-state index contributed by atoms with van der Waals surface area (Å²) in [5.74, 6) is 0.326. The van der Waals surface area contributed by atoms with Gasteiger partial charge >= 0.3 is 0 Å². The van der Waals surface area contributed by atoms with Crippen LogP contribution in [0.15, 0.2) is 72.8 Å². The number of benzene rings is 3. The molecular formula is C28H33N3O3. The van der Waals surface area contributed by atoms with Gasteiger partial charge in [0.25, 0.3) is 11.8 Å². The Morgan fingerprint density at radius 3 is 2.32 bits per heavy atom. The number of unbranched alkanes of at least 4 members (excludes halogenated alkanes) is 1. The van der Waals surface area contributed by atoms with Gasteiger partial charge in [0.05, 0.1) is 12.2 Å². The van der Waals surface area contributed by atoms with Crippen molar-refractivity contribution in [2.24, 2.45) is 0 Å². The summed E-state index contributed by atoms with van der Waals surface area (Å²) < 4.78 is 5.66. The molecule has 3 aromatic carbocycles. The molecule has 0 atom stereocenters. The van der Waals surface area contributed by atoms with Crippen LogP contribution in [0.2, 0.25) is 0 Å². The van der Waals surface area contributed by atoms with Gasteiger partial charge in [-0.2, -0.15) is 0 Å². The molecule has 0 saturated heterocycles. The summed E-state index contributed by atoms with van der Waals surface area (Å²) >= 11 is 0. The minimum atomic E-state index is -0.242. The van der Waals surface area contributed by atoms with Gasteiger partial charge in [-0.15, -0.1) is 0 Å². The highest BCUT2D eigenvalue weighted by molar-refractivity contribution is 6.06. The van der Waals surface area contributed by atoms with Crippen molar-refractivity contribution in [3.8, 4) is 5.75 Å². The van der Waals surface area contributed by atoms with Crippen LogP contribution in [0.25, 0.3) is 0 Å². The van der Waals surface area contributed by atoms with E-state index in [1.165, 1.54) is 5.56 Å². The SMILES string of the molecule is CCCCOc1ccc(C(=O)Nc2ccc(N(C)C)c(C(=O)NCCc3ccccc3)c2)cc1. The zero-order chi connectivity index (χ0) is 24.3. The largest absolute Gasteiger partial charge is 0.494 e. The standard InChI is InChI=1S/C28H33N3O3/c1-4-5-19-34-24-14-11-22(12-15-24)27(32)30-23-13-16-26(31(2)3)25(20-23)28(33)29-18-17-21-9-7-6-8-10-21/h6-16,20H,4-5,17-19H2,1-3H3,(H,29,33)(H,30,32). The van der Waals surface area contributed by atoms with E-state index in [1.807, 2.05) is 55.4 Å². The van der Waals surface area contributed by atoms with Gasteiger partial charge in [-0.3, -0.25) is 9.59 Å². The lowest BCUT2D eigenvalue weighted by Gasteiger charge is -2.18. The van der Waals surface area contributed by atoms with E-state index >= 15 is 0 Å². The maximum Gasteiger partial charge on any atom is 0.255 e. The number of carbonyl (C=O) groups excluding carboxylic acids is 2. The highest BCUT2D eigenvalue weighted by atomic mass is 16.5. The summed E-state index contributed by atoms with van der Waals surface area (Å²) in [4.78, 5) is 27.6. The van der Waals surface area contributed by atoms with Crippen LogP contribution in [0.4, 0.5) is 11.4 Å². The molecule has 0 aromatic heterocycles. The molecule has 34 heavy (non-hydrogen) atoms. The van der Waals surface area contributed by atoms with E-state index in [9.17, 15) is 9.59 Å². The molecule has 0 saturated carbocycles. The molecule has 0 spiro atoms. The molecule has 0 aliphatic heterocycles. The molecular weight excluding hydrogens is 426 g/mol. The van der Waals surface area contributed by atoms with Gasteiger partial charge in [-0.05, 0) is 60.9 Å². The topological polar surface area (TPSA) is 70.7 Å². The normalized spacial score (nSPS) is 10.4. The van der Waals surface area contributed by atoms with Crippen molar-refractivity contribution in [3.05, 3.63) is 89.5 Å². The Bertz CT molecular complexity index is 1080. The number of anilines is 2. The molecule has 3 aromatic rings. The lowest BCUT2D eigenvalue weighted by molar-refractivity contribution is 0.0953. The first-order valence-corrected chi connectivity index (χ1v) is 11.7. The summed E-state index contributed by atoms with van der Waals surface area (Å²) in [5.41, 5.74) is 3.54. The van der Waals surface area contributed by atoms with Crippen molar-refractivity contribution in [2.75, 3.05) is 37.5 Å². The van der Waals surface area contributed by atoms with Crippen molar-refractivity contribution in [1.82, 2.24) is 5.32 Å². The first-order valence-electron chi connectivity index (χ1n) is 11.7. The third kappa shape index (κ3) is 7.10. The van der Waals surface area contributed by atoms with Gasteiger partial charge in [0.1, 0.15) is 5.75 Å². The number of amides is 2. The van der Waals surface area contributed by atoms with Gasteiger partial charge in [0, 0.05) is 37.6 Å². The van der Waals surface area contributed by atoms with Gasteiger partial charge in [-0.25, -0.2) is 0 Å². The van der Waals surface area contributed by atoms with E-state index in [-0.39, 0.29) is 11.8 Å². The molecule has 6 heteroatoms. The Balaban J connectivity index is 1.66. The maximum atomic E-state index is 12.9. The lowest BCUT2D eigenvalue weighted by Crippen LogP contribution is -2.28. The van der Waals surface area contributed by atoms with Crippen LogP contribution in [0.1, 0.15) is 46.0 Å². The predicted octanol–water partition coefficient (Wildman–Crippen LogP) is 5.16. The number of nitrogens with zero attached hydrogens (tertiary/aromatic N) is 1. The smallest absolute Gasteiger partial charge is 0.255 e. The molecule has 2 amide bonds. The molecule has 0 fully saturated rings. The molecule has 3 rings (SSSR count). The van der Waals surface area contributed by atoms with Crippen LogP contribution >= 0.6 is 0 Å². The van der Waals surface area contributed by atoms with Crippen molar-refractivity contribution >= 4 is 23.2 Å².